The van der Waals surface area contributed by atoms with Crippen LogP contribution in [0.5, 0.6) is 0 Å². The summed E-state index contributed by atoms with van der Waals surface area (Å²) >= 11 is 7.16. The van der Waals surface area contributed by atoms with Gasteiger partial charge in [-0.05, 0) is 54.8 Å². The standard InChI is InChI=1S/C35H31NO2S4/c1-4-35(20-38-33(37)23(2)3,22-40-34-36-29-16-6-8-18-31(29)42-34)21-39-25-12-9-11-24(19-25)26-14-10-15-28-27-13-5-7-17-30(27)41-32(26)28/h5-19H,2,4,20-22H2,1,3H3. The fourth-order valence-electron chi connectivity index (χ4n) is 4.87. The van der Waals surface area contributed by atoms with E-state index in [1.54, 1.807) is 30.0 Å². The van der Waals surface area contributed by atoms with E-state index in [2.05, 4.69) is 92.4 Å². The predicted octanol–water partition coefficient (Wildman–Crippen LogP) is 10.7. The molecule has 7 heteroatoms. The molecular weight excluding hydrogens is 595 g/mol. The number of benzene rings is 4. The summed E-state index contributed by atoms with van der Waals surface area (Å²) < 4.78 is 10.7. The maximum Gasteiger partial charge on any atom is 0.333 e. The average Bonchev–Trinajstić information content (AvgIpc) is 3.62. The van der Waals surface area contributed by atoms with Crippen LogP contribution in [-0.4, -0.2) is 29.1 Å². The molecule has 3 nitrogen and oxygen atoms in total. The number of fused-ring (bicyclic) bond motifs is 4. The van der Waals surface area contributed by atoms with E-state index in [9.17, 15) is 4.79 Å². The molecule has 0 aliphatic rings. The predicted molar refractivity (Wildman–Crippen MR) is 184 cm³/mol. The molecule has 0 aliphatic heterocycles. The third-order valence-corrected chi connectivity index (χ3v) is 12.6. The van der Waals surface area contributed by atoms with Gasteiger partial charge < -0.3 is 4.74 Å². The van der Waals surface area contributed by atoms with Crippen molar-refractivity contribution in [2.24, 2.45) is 5.41 Å². The number of hydrogen-bond donors (Lipinski definition) is 0. The van der Waals surface area contributed by atoms with Crippen molar-refractivity contribution in [1.82, 2.24) is 4.98 Å². The van der Waals surface area contributed by atoms with Gasteiger partial charge in [-0.3, -0.25) is 0 Å². The number of hydrogen-bond acceptors (Lipinski definition) is 7. The smallest absolute Gasteiger partial charge is 0.333 e. The van der Waals surface area contributed by atoms with E-state index in [1.165, 1.54) is 40.9 Å². The third-order valence-electron chi connectivity index (χ3n) is 7.48. The van der Waals surface area contributed by atoms with Crippen molar-refractivity contribution >= 4 is 82.6 Å². The molecule has 1 atom stereocenters. The fourth-order valence-corrected chi connectivity index (χ4v) is 9.84. The van der Waals surface area contributed by atoms with Crippen LogP contribution in [0, 0.1) is 5.41 Å². The first-order valence-corrected chi connectivity index (χ1v) is 17.5. The van der Waals surface area contributed by atoms with Crippen LogP contribution < -0.4 is 0 Å². The first-order valence-electron chi connectivity index (χ1n) is 13.9. The number of esters is 1. The van der Waals surface area contributed by atoms with Gasteiger partial charge in [0.05, 0.1) is 16.8 Å². The molecule has 0 saturated heterocycles. The summed E-state index contributed by atoms with van der Waals surface area (Å²) in [6, 6.07) is 32.3. The second-order valence-electron chi connectivity index (χ2n) is 10.5. The van der Waals surface area contributed by atoms with E-state index < -0.39 is 0 Å². The minimum atomic E-state index is -0.332. The zero-order valence-electron chi connectivity index (χ0n) is 23.6. The van der Waals surface area contributed by atoms with Gasteiger partial charge in [0, 0.05) is 47.6 Å². The highest BCUT2D eigenvalue weighted by Gasteiger charge is 2.31. The zero-order valence-corrected chi connectivity index (χ0v) is 26.9. The Kier molecular flexibility index (Phi) is 8.72. The Morgan fingerprint density at radius 3 is 2.43 bits per heavy atom. The zero-order chi connectivity index (χ0) is 29.1. The van der Waals surface area contributed by atoms with E-state index in [-0.39, 0.29) is 11.4 Å². The van der Waals surface area contributed by atoms with Crippen LogP contribution in [-0.2, 0) is 9.53 Å². The monoisotopic (exact) mass is 625 g/mol. The largest absolute Gasteiger partial charge is 0.462 e. The van der Waals surface area contributed by atoms with E-state index in [0.29, 0.717) is 12.2 Å². The molecule has 2 aromatic heterocycles. The normalized spacial score (nSPS) is 13.0. The topological polar surface area (TPSA) is 39.2 Å². The van der Waals surface area contributed by atoms with Crippen LogP contribution >= 0.6 is 46.2 Å². The summed E-state index contributed by atoms with van der Waals surface area (Å²) in [4.78, 5) is 18.4. The van der Waals surface area contributed by atoms with E-state index in [1.807, 2.05) is 35.2 Å². The van der Waals surface area contributed by atoms with E-state index in [0.717, 1.165) is 27.8 Å². The molecule has 0 radical (unpaired) electrons. The van der Waals surface area contributed by atoms with Gasteiger partial charge in [0.1, 0.15) is 0 Å². The maximum absolute atomic E-state index is 12.4. The summed E-state index contributed by atoms with van der Waals surface area (Å²) in [6.45, 7) is 8.01. The summed E-state index contributed by atoms with van der Waals surface area (Å²) in [5.41, 5.74) is 3.71. The Balaban J connectivity index is 1.25. The highest BCUT2D eigenvalue weighted by atomic mass is 32.2. The number of aromatic nitrogens is 1. The van der Waals surface area contributed by atoms with Crippen LogP contribution in [0.15, 0.2) is 112 Å². The summed E-state index contributed by atoms with van der Waals surface area (Å²) in [5.74, 6) is 1.29. The molecule has 0 spiro atoms. The van der Waals surface area contributed by atoms with E-state index in [4.69, 9.17) is 9.72 Å². The van der Waals surface area contributed by atoms with Crippen molar-refractivity contribution < 1.29 is 9.53 Å². The van der Waals surface area contributed by atoms with Crippen molar-refractivity contribution in [3.8, 4) is 11.1 Å². The molecule has 0 aliphatic carbocycles. The van der Waals surface area contributed by atoms with Crippen LogP contribution in [0.3, 0.4) is 0 Å². The van der Waals surface area contributed by atoms with Gasteiger partial charge in [-0.2, -0.15) is 0 Å². The number of thiazole rings is 1. The molecular formula is C35H31NO2S4. The molecule has 0 bridgehead atoms. The van der Waals surface area contributed by atoms with E-state index >= 15 is 0 Å². The van der Waals surface area contributed by atoms with Gasteiger partial charge in [-0.25, -0.2) is 9.78 Å². The highest BCUT2D eigenvalue weighted by Crippen LogP contribution is 2.42. The van der Waals surface area contributed by atoms with Crippen molar-refractivity contribution in [3.05, 3.63) is 103 Å². The lowest BCUT2D eigenvalue weighted by molar-refractivity contribution is -0.141. The summed E-state index contributed by atoms with van der Waals surface area (Å²) in [7, 11) is 0. The van der Waals surface area contributed by atoms with Gasteiger partial charge in [0.25, 0.3) is 0 Å². The van der Waals surface area contributed by atoms with Crippen molar-refractivity contribution in [2.45, 2.75) is 29.5 Å². The van der Waals surface area contributed by atoms with Gasteiger partial charge in [0.2, 0.25) is 0 Å². The van der Waals surface area contributed by atoms with Crippen molar-refractivity contribution in [1.29, 1.82) is 0 Å². The van der Waals surface area contributed by atoms with Gasteiger partial charge in [-0.1, -0.05) is 85.9 Å². The van der Waals surface area contributed by atoms with Gasteiger partial charge in [0.15, 0.2) is 4.34 Å². The molecule has 0 amide bonds. The number of thiophene rings is 1. The summed E-state index contributed by atoms with van der Waals surface area (Å²) in [6.07, 6.45) is 0.877. The van der Waals surface area contributed by atoms with Gasteiger partial charge in [-0.15, -0.1) is 34.4 Å². The molecule has 6 rings (SSSR count). The molecule has 2 heterocycles. The fraction of sp³-hybridized carbons (Fsp3) is 0.200. The third kappa shape index (κ3) is 6.16. The first-order chi connectivity index (χ1) is 20.4. The number of para-hydroxylation sites is 1. The molecule has 0 saturated carbocycles. The molecule has 4 aromatic carbocycles. The number of thioether (sulfide) groups is 2. The second-order valence-corrected chi connectivity index (χ2v) is 14.9. The Morgan fingerprint density at radius 1 is 0.881 bits per heavy atom. The minimum Gasteiger partial charge on any atom is -0.462 e. The second kappa shape index (κ2) is 12.6. The highest BCUT2D eigenvalue weighted by molar-refractivity contribution is 8.01. The Morgan fingerprint density at radius 2 is 1.62 bits per heavy atom. The lowest BCUT2D eigenvalue weighted by Crippen LogP contribution is -2.33. The van der Waals surface area contributed by atoms with Crippen LogP contribution in [0.1, 0.15) is 20.3 Å². The van der Waals surface area contributed by atoms with Crippen LogP contribution in [0.25, 0.3) is 41.5 Å². The van der Waals surface area contributed by atoms with Crippen LogP contribution in [0.2, 0.25) is 0 Å². The van der Waals surface area contributed by atoms with Crippen molar-refractivity contribution in [2.75, 3.05) is 18.1 Å². The molecule has 6 aromatic rings. The minimum absolute atomic E-state index is 0.222. The average molecular weight is 626 g/mol. The molecule has 0 N–H and O–H groups in total. The molecule has 212 valence electrons. The molecule has 1 unspecified atom stereocenters. The Labute approximate surface area is 263 Å². The Hall–Kier alpha value is -3.10. The number of carbonyl (C=O) groups excluding carboxylic acids is 1. The Bertz CT molecular complexity index is 1870. The molecule has 42 heavy (non-hydrogen) atoms. The quantitative estimate of drug-likeness (QED) is 0.0814. The lowest BCUT2D eigenvalue weighted by Gasteiger charge is -2.31. The maximum atomic E-state index is 12.4. The first kappa shape index (κ1) is 29.0. The van der Waals surface area contributed by atoms with Gasteiger partial charge >= 0.3 is 5.97 Å². The molecule has 0 fully saturated rings. The lowest BCUT2D eigenvalue weighted by atomic mass is 9.91. The number of nitrogens with zero attached hydrogens (tertiary/aromatic N) is 1. The van der Waals surface area contributed by atoms with Crippen LogP contribution in [0.4, 0.5) is 0 Å². The number of carbonyl (C=O) groups is 1. The summed E-state index contributed by atoms with van der Waals surface area (Å²) in [5, 5.41) is 2.62. The SMILES string of the molecule is C=C(C)C(=O)OCC(CC)(CSc1cccc(-c2cccc3c2sc2ccccc23)c1)CSc1nc2ccccc2s1. The number of rotatable bonds is 11. The van der Waals surface area contributed by atoms with Crippen molar-refractivity contribution in [3.63, 3.8) is 0 Å². The number of ether oxygens (including phenoxy) is 1.